The minimum absolute atomic E-state index is 0.0360. The Morgan fingerprint density at radius 1 is 1.26 bits per heavy atom. The van der Waals surface area contributed by atoms with Crippen LogP contribution in [-0.2, 0) is 16.0 Å². The fourth-order valence-corrected chi connectivity index (χ4v) is 4.00. The monoisotopic (exact) mass is 417 g/mol. The summed E-state index contributed by atoms with van der Waals surface area (Å²) in [4.78, 5) is 25.5. The predicted molar refractivity (Wildman–Crippen MR) is 113 cm³/mol. The van der Waals surface area contributed by atoms with Crippen molar-refractivity contribution < 1.29 is 18.7 Å². The van der Waals surface area contributed by atoms with Crippen molar-refractivity contribution >= 4 is 11.9 Å². The third-order valence-electron chi connectivity index (χ3n) is 5.56. The van der Waals surface area contributed by atoms with Crippen LogP contribution in [0.2, 0.25) is 0 Å². The van der Waals surface area contributed by atoms with E-state index in [0.717, 1.165) is 24.8 Å². The fourth-order valence-electron chi connectivity index (χ4n) is 4.00. The number of nitrogens with one attached hydrogen (secondary N) is 1. The molecule has 1 amide bonds. The van der Waals surface area contributed by atoms with Gasteiger partial charge in [-0.1, -0.05) is 24.3 Å². The van der Waals surface area contributed by atoms with Gasteiger partial charge in [0.1, 0.15) is 23.0 Å². The zero-order valence-corrected chi connectivity index (χ0v) is 17.4. The third-order valence-corrected chi connectivity index (χ3v) is 5.56. The number of amides is 1. The summed E-state index contributed by atoms with van der Waals surface area (Å²) in [6.07, 6.45) is 5.23. The molecule has 0 radical (unpaired) electrons. The number of aryl methyl sites for hydroxylation is 2. The molecule has 31 heavy (non-hydrogen) atoms. The van der Waals surface area contributed by atoms with Crippen LogP contribution in [0.4, 0.5) is 0 Å². The number of carbonyl (C=O) groups is 2. The van der Waals surface area contributed by atoms with Crippen molar-refractivity contribution in [2.45, 2.75) is 45.3 Å². The lowest BCUT2D eigenvalue weighted by Crippen LogP contribution is -2.39. The molecule has 0 bridgehead atoms. The number of carbonyl (C=O) groups excluding carboxylic acids is 2. The summed E-state index contributed by atoms with van der Waals surface area (Å²) in [6.45, 7) is 3.12. The molecule has 1 aliphatic rings. The van der Waals surface area contributed by atoms with Crippen LogP contribution in [0.15, 0.2) is 53.2 Å². The van der Waals surface area contributed by atoms with Crippen LogP contribution in [0.3, 0.4) is 0 Å². The van der Waals surface area contributed by atoms with Gasteiger partial charge in [0.15, 0.2) is 6.10 Å². The Bertz CT molecular complexity index is 1150. The van der Waals surface area contributed by atoms with Gasteiger partial charge in [-0.2, -0.15) is 5.26 Å². The summed E-state index contributed by atoms with van der Waals surface area (Å²) in [7, 11) is 0. The molecule has 2 aromatic heterocycles. The van der Waals surface area contributed by atoms with Crippen molar-refractivity contribution in [2.75, 3.05) is 0 Å². The lowest BCUT2D eigenvalue weighted by molar-refractivity contribution is -0.130. The first-order chi connectivity index (χ1) is 15.0. The maximum absolute atomic E-state index is 12.8. The molecule has 158 valence electrons. The first kappa shape index (κ1) is 20.5. The number of nitriles is 1. The molecule has 0 fully saturated rings. The van der Waals surface area contributed by atoms with E-state index >= 15 is 0 Å². The van der Waals surface area contributed by atoms with Gasteiger partial charge in [-0.3, -0.25) is 9.36 Å². The van der Waals surface area contributed by atoms with Crippen molar-refractivity contribution in [3.63, 3.8) is 0 Å². The highest BCUT2D eigenvalue weighted by atomic mass is 16.5. The average Bonchev–Trinajstić information content (AvgIpc) is 3.41. The largest absolute Gasteiger partial charge is 0.449 e. The van der Waals surface area contributed by atoms with E-state index in [-0.39, 0.29) is 34.7 Å². The Balaban J connectivity index is 1.48. The number of fused-ring (bicyclic) bond motifs is 1. The van der Waals surface area contributed by atoms with Crippen molar-refractivity contribution in [2.24, 2.45) is 0 Å². The molecule has 2 atom stereocenters. The molecular formula is C24H23N3O4. The molecule has 1 N–H and O–H groups in total. The summed E-state index contributed by atoms with van der Waals surface area (Å²) in [5.41, 5.74) is 2.45. The molecule has 0 saturated carbocycles. The lowest BCUT2D eigenvalue weighted by atomic mass is 9.87. The normalized spacial score (nSPS) is 16.1. The number of benzene rings is 1. The molecule has 7 heteroatoms. The highest BCUT2D eigenvalue weighted by Gasteiger charge is 2.30. The minimum atomic E-state index is -1.02. The lowest BCUT2D eigenvalue weighted by Gasteiger charge is -2.27. The number of hydrogen-bond donors (Lipinski definition) is 1. The van der Waals surface area contributed by atoms with Crippen LogP contribution in [0.1, 0.15) is 58.6 Å². The fraction of sp³-hybridized carbons (Fsp3) is 0.292. The maximum atomic E-state index is 12.8. The van der Waals surface area contributed by atoms with Crippen LogP contribution in [-0.4, -0.2) is 22.5 Å². The van der Waals surface area contributed by atoms with Gasteiger partial charge in [0.05, 0.1) is 6.04 Å². The Labute approximate surface area is 180 Å². The van der Waals surface area contributed by atoms with E-state index in [2.05, 4.69) is 11.4 Å². The average molecular weight is 417 g/mol. The molecule has 2 heterocycles. The Kier molecular flexibility index (Phi) is 5.63. The van der Waals surface area contributed by atoms with Gasteiger partial charge in [0.25, 0.3) is 5.91 Å². The zero-order valence-electron chi connectivity index (χ0n) is 17.4. The smallest absolute Gasteiger partial charge is 0.343 e. The van der Waals surface area contributed by atoms with E-state index in [1.54, 1.807) is 36.0 Å². The van der Waals surface area contributed by atoms with Crippen molar-refractivity contribution in [1.82, 2.24) is 9.88 Å². The highest BCUT2D eigenvalue weighted by molar-refractivity contribution is 5.96. The summed E-state index contributed by atoms with van der Waals surface area (Å²) in [5.74, 6) is -0.629. The van der Waals surface area contributed by atoms with E-state index in [9.17, 15) is 14.9 Å². The molecule has 1 aliphatic carbocycles. The molecule has 4 rings (SSSR count). The van der Waals surface area contributed by atoms with Crippen molar-refractivity contribution in [3.05, 3.63) is 76.8 Å². The van der Waals surface area contributed by atoms with Gasteiger partial charge < -0.3 is 14.5 Å². The standard InChI is InChI=1S/C24H23N3O4/c1-15-21(19(14-25)23(30-15)27-12-5-6-13-27)24(29)31-16(2)22(28)26-20-11-7-9-17-8-3-4-10-18(17)20/h3-6,8,10,12-13,16,20H,7,9,11H2,1-2H3,(H,26,28)/t16-,20-/m0/s1. The van der Waals surface area contributed by atoms with Gasteiger partial charge >= 0.3 is 5.97 Å². The maximum Gasteiger partial charge on any atom is 0.343 e. The van der Waals surface area contributed by atoms with E-state index in [1.807, 2.05) is 24.3 Å². The second-order valence-corrected chi connectivity index (χ2v) is 7.62. The van der Waals surface area contributed by atoms with E-state index in [1.165, 1.54) is 12.5 Å². The summed E-state index contributed by atoms with van der Waals surface area (Å²) in [6, 6.07) is 13.5. The molecule has 0 saturated heterocycles. The van der Waals surface area contributed by atoms with Crippen LogP contribution in [0, 0.1) is 18.3 Å². The summed E-state index contributed by atoms with van der Waals surface area (Å²) in [5, 5.41) is 12.6. The second kappa shape index (κ2) is 8.52. The van der Waals surface area contributed by atoms with Crippen LogP contribution >= 0.6 is 0 Å². The molecule has 1 aromatic carbocycles. The highest BCUT2D eigenvalue weighted by Crippen LogP contribution is 2.30. The van der Waals surface area contributed by atoms with Crippen LogP contribution < -0.4 is 5.32 Å². The Morgan fingerprint density at radius 3 is 2.74 bits per heavy atom. The SMILES string of the molecule is Cc1oc(-n2cccc2)c(C#N)c1C(=O)O[C@@H](C)C(=O)N[C@H]1CCCc2ccccc21. The molecule has 7 nitrogen and oxygen atoms in total. The number of furan rings is 1. The van der Waals surface area contributed by atoms with Gasteiger partial charge in [-0.25, -0.2) is 4.79 Å². The number of rotatable bonds is 5. The third kappa shape index (κ3) is 3.97. The predicted octanol–water partition coefficient (Wildman–Crippen LogP) is 3.99. The van der Waals surface area contributed by atoms with Gasteiger partial charge in [0, 0.05) is 12.4 Å². The van der Waals surface area contributed by atoms with Gasteiger partial charge in [0.2, 0.25) is 5.88 Å². The second-order valence-electron chi connectivity index (χ2n) is 7.62. The molecule has 3 aromatic rings. The molecule has 0 unspecified atom stereocenters. The summed E-state index contributed by atoms with van der Waals surface area (Å²) < 4.78 is 12.7. The topological polar surface area (TPSA) is 97.3 Å². The Hall–Kier alpha value is -3.79. The Morgan fingerprint density at radius 2 is 2.00 bits per heavy atom. The molecule has 0 spiro atoms. The number of hydrogen-bond acceptors (Lipinski definition) is 5. The van der Waals surface area contributed by atoms with Crippen molar-refractivity contribution in [1.29, 1.82) is 5.26 Å². The molecular weight excluding hydrogens is 394 g/mol. The van der Waals surface area contributed by atoms with Crippen LogP contribution in [0.25, 0.3) is 5.88 Å². The van der Waals surface area contributed by atoms with Gasteiger partial charge in [-0.05, 0) is 56.4 Å². The van der Waals surface area contributed by atoms with Crippen LogP contribution in [0.5, 0.6) is 0 Å². The number of ether oxygens (including phenoxy) is 1. The molecule has 0 aliphatic heterocycles. The first-order valence-corrected chi connectivity index (χ1v) is 10.3. The summed E-state index contributed by atoms with van der Waals surface area (Å²) >= 11 is 0. The number of aromatic nitrogens is 1. The first-order valence-electron chi connectivity index (χ1n) is 10.3. The quantitative estimate of drug-likeness (QED) is 0.633. The van der Waals surface area contributed by atoms with E-state index < -0.39 is 12.1 Å². The minimum Gasteiger partial charge on any atom is -0.449 e. The number of nitrogens with zero attached hydrogens (tertiary/aromatic N) is 2. The van der Waals surface area contributed by atoms with Gasteiger partial charge in [-0.15, -0.1) is 0 Å². The van der Waals surface area contributed by atoms with Crippen molar-refractivity contribution in [3.8, 4) is 12.0 Å². The number of esters is 1. The van der Waals surface area contributed by atoms with E-state index in [4.69, 9.17) is 9.15 Å². The zero-order chi connectivity index (χ0) is 22.0. The van der Waals surface area contributed by atoms with E-state index in [0.29, 0.717) is 0 Å².